The van der Waals surface area contributed by atoms with Crippen molar-refractivity contribution in [2.75, 3.05) is 11.9 Å². The summed E-state index contributed by atoms with van der Waals surface area (Å²) in [6, 6.07) is 0.465. The van der Waals surface area contributed by atoms with Crippen LogP contribution in [0.4, 0.5) is 6.01 Å². The zero-order chi connectivity index (χ0) is 9.52. The first-order valence-electron chi connectivity index (χ1n) is 4.49. The van der Waals surface area contributed by atoms with Gasteiger partial charge in [-0.3, -0.25) is 0 Å². The van der Waals surface area contributed by atoms with Crippen molar-refractivity contribution in [3.63, 3.8) is 0 Å². The Morgan fingerprint density at radius 3 is 2.85 bits per heavy atom. The Balaban J connectivity index is 2.20. The average Bonchev–Trinajstić information content (AvgIpc) is 2.60. The van der Waals surface area contributed by atoms with E-state index in [0.717, 1.165) is 13.0 Å². The molecule has 0 bridgehead atoms. The predicted octanol–water partition coefficient (Wildman–Crippen LogP) is 2.41. The molecule has 5 heteroatoms. The summed E-state index contributed by atoms with van der Waals surface area (Å²) >= 11 is 5.50. The first-order chi connectivity index (χ1) is 6.36. The van der Waals surface area contributed by atoms with Gasteiger partial charge < -0.3 is 9.73 Å². The maximum atomic E-state index is 5.50. The summed E-state index contributed by atoms with van der Waals surface area (Å²) in [5.41, 5.74) is 0. The van der Waals surface area contributed by atoms with Crippen LogP contribution in [-0.4, -0.2) is 16.7 Å². The number of hydrogen-bond acceptors (Lipinski definition) is 4. The van der Waals surface area contributed by atoms with Crippen molar-refractivity contribution in [2.45, 2.75) is 32.1 Å². The molecule has 1 aromatic rings. The topological polar surface area (TPSA) is 51.0 Å². The van der Waals surface area contributed by atoms with Gasteiger partial charge in [-0.1, -0.05) is 24.9 Å². The Bertz CT molecular complexity index is 239. The van der Waals surface area contributed by atoms with Crippen LogP contribution in [0.2, 0.25) is 0 Å². The molecule has 0 atom stereocenters. The molecule has 0 radical (unpaired) electrons. The summed E-state index contributed by atoms with van der Waals surface area (Å²) in [7, 11) is 0. The third kappa shape index (κ3) is 3.63. The second-order valence-corrected chi connectivity index (χ2v) is 3.04. The van der Waals surface area contributed by atoms with Gasteiger partial charge in [0.05, 0.1) is 0 Å². The third-order valence-electron chi connectivity index (χ3n) is 1.64. The highest BCUT2D eigenvalue weighted by atomic mass is 35.5. The van der Waals surface area contributed by atoms with Crippen molar-refractivity contribution in [3.8, 4) is 0 Å². The number of rotatable bonds is 6. The number of anilines is 1. The lowest BCUT2D eigenvalue weighted by molar-refractivity contribution is 0.524. The van der Waals surface area contributed by atoms with E-state index in [1.165, 1.54) is 12.8 Å². The number of unbranched alkanes of at least 4 members (excludes halogenated alkanes) is 2. The molecule has 0 aliphatic carbocycles. The average molecular weight is 204 g/mol. The molecule has 74 valence electrons. The van der Waals surface area contributed by atoms with Gasteiger partial charge >= 0.3 is 6.01 Å². The Hall–Kier alpha value is -0.770. The molecule has 0 saturated heterocycles. The van der Waals surface area contributed by atoms with Gasteiger partial charge in [0.1, 0.15) is 5.88 Å². The normalized spacial score (nSPS) is 10.3. The van der Waals surface area contributed by atoms with Crippen LogP contribution >= 0.6 is 11.6 Å². The van der Waals surface area contributed by atoms with Crippen LogP contribution in [0.25, 0.3) is 0 Å². The highest BCUT2D eigenvalue weighted by Crippen LogP contribution is 2.07. The zero-order valence-corrected chi connectivity index (χ0v) is 8.47. The lowest BCUT2D eigenvalue weighted by atomic mass is 10.2. The van der Waals surface area contributed by atoms with Gasteiger partial charge in [0, 0.05) is 6.54 Å². The molecular weight excluding hydrogens is 190 g/mol. The van der Waals surface area contributed by atoms with Crippen LogP contribution in [0, 0.1) is 0 Å². The van der Waals surface area contributed by atoms with Crippen molar-refractivity contribution >= 4 is 17.6 Å². The minimum Gasteiger partial charge on any atom is -0.407 e. The molecule has 0 saturated carbocycles. The van der Waals surface area contributed by atoms with Crippen LogP contribution in [0.1, 0.15) is 32.1 Å². The highest BCUT2D eigenvalue weighted by molar-refractivity contribution is 6.16. The van der Waals surface area contributed by atoms with E-state index in [2.05, 4.69) is 22.4 Å². The zero-order valence-electron chi connectivity index (χ0n) is 7.72. The van der Waals surface area contributed by atoms with Crippen LogP contribution in [-0.2, 0) is 5.88 Å². The van der Waals surface area contributed by atoms with Crippen LogP contribution in [0.3, 0.4) is 0 Å². The largest absolute Gasteiger partial charge is 0.407 e. The summed E-state index contributed by atoms with van der Waals surface area (Å²) < 4.78 is 5.15. The molecule has 1 aromatic heterocycles. The van der Waals surface area contributed by atoms with Gasteiger partial charge in [-0.25, -0.2) is 0 Å². The lowest BCUT2D eigenvalue weighted by Gasteiger charge is -1.98. The molecule has 0 amide bonds. The van der Waals surface area contributed by atoms with Gasteiger partial charge in [0.15, 0.2) is 0 Å². The summed E-state index contributed by atoms with van der Waals surface area (Å²) in [4.78, 5) is 0. The van der Waals surface area contributed by atoms with Crippen molar-refractivity contribution in [1.82, 2.24) is 10.2 Å². The molecule has 0 fully saturated rings. The molecule has 4 nitrogen and oxygen atoms in total. The van der Waals surface area contributed by atoms with E-state index < -0.39 is 0 Å². The maximum Gasteiger partial charge on any atom is 0.315 e. The lowest BCUT2D eigenvalue weighted by Crippen LogP contribution is -2.01. The fraction of sp³-hybridized carbons (Fsp3) is 0.750. The predicted molar refractivity (Wildman–Crippen MR) is 51.9 cm³/mol. The molecule has 0 aliphatic heterocycles. The van der Waals surface area contributed by atoms with E-state index in [4.69, 9.17) is 16.0 Å². The smallest absolute Gasteiger partial charge is 0.315 e. The van der Waals surface area contributed by atoms with Gasteiger partial charge in [-0.15, -0.1) is 16.7 Å². The highest BCUT2D eigenvalue weighted by Gasteiger charge is 2.02. The fourth-order valence-corrected chi connectivity index (χ4v) is 1.06. The van der Waals surface area contributed by atoms with E-state index in [9.17, 15) is 0 Å². The van der Waals surface area contributed by atoms with Crippen molar-refractivity contribution in [1.29, 1.82) is 0 Å². The third-order valence-corrected chi connectivity index (χ3v) is 1.87. The number of aromatic nitrogens is 2. The Morgan fingerprint density at radius 2 is 2.23 bits per heavy atom. The quantitative estimate of drug-likeness (QED) is 0.570. The minimum atomic E-state index is 0.268. The number of nitrogens with zero attached hydrogens (tertiary/aromatic N) is 2. The number of alkyl halides is 1. The van der Waals surface area contributed by atoms with Crippen LogP contribution in [0.5, 0.6) is 0 Å². The molecule has 0 aromatic carbocycles. The standard InChI is InChI=1S/C8H14ClN3O/c1-2-3-4-5-10-8-12-11-7(6-9)13-8/h2-6H2,1H3,(H,10,12). The molecule has 0 unspecified atom stereocenters. The van der Waals surface area contributed by atoms with Crippen molar-refractivity contribution in [2.24, 2.45) is 0 Å². The Kier molecular flexibility index (Phi) is 4.60. The molecule has 13 heavy (non-hydrogen) atoms. The molecule has 1 N–H and O–H groups in total. The first kappa shape index (κ1) is 10.3. The number of hydrogen-bond donors (Lipinski definition) is 1. The molecule has 1 rings (SSSR count). The summed E-state index contributed by atoms with van der Waals surface area (Å²) in [5.74, 6) is 0.726. The Morgan fingerprint density at radius 1 is 1.38 bits per heavy atom. The van der Waals surface area contributed by atoms with E-state index in [1.54, 1.807) is 0 Å². The van der Waals surface area contributed by atoms with E-state index in [-0.39, 0.29) is 5.88 Å². The van der Waals surface area contributed by atoms with Crippen LogP contribution in [0.15, 0.2) is 4.42 Å². The molecule has 0 aliphatic rings. The van der Waals surface area contributed by atoms with Crippen molar-refractivity contribution in [3.05, 3.63) is 5.89 Å². The van der Waals surface area contributed by atoms with Gasteiger partial charge in [-0.05, 0) is 6.42 Å². The SMILES string of the molecule is CCCCCNc1nnc(CCl)o1. The van der Waals surface area contributed by atoms with E-state index >= 15 is 0 Å². The Labute approximate surface area is 82.7 Å². The number of halogens is 1. The van der Waals surface area contributed by atoms with E-state index in [0.29, 0.717) is 11.9 Å². The monoisotopic (exact) mass is 203 g/mol. The van der Waals surface area contributed by atoms with E-state index in [1.807, 2.05) is 0 Å². The molecular formula is C8H14ClN3O. The second-order valence-electron chi connectivity index (χ2n) is 2.77. The van der Waals surface area contributed by atoms with Gasteiger partial charge in [-0.2, -0.15) is 0 Å². The molecule has 0 spiro atoms. The summed E-state index contributed by atoms with van der Waals surface area (Å²) in [6.07, 6.45) is 3.54. The van der Waals surface area contributed by atoms with Gasteiger partial charge in [0.25, 0.3) is 0 Å². The summed E-state index contributed by atoms with van der Waals surface area (Å²) in [5, 5.41) is 10.5. The fourth-order valence-electron chi connectivity index (χ4n) is 0.949. The second kappa shape index (κ2) is 5.80. The number of nitrogens with one attached hydrogen (secondary N) is 1. The van der Waals surface area contributed by atoms with Crippen molar-refractivity contribution < 1.29 is 4.42 Å². The minimum absolute atomic E-state index is 0.268. The van der Waals surface area contributed by atoms with Gasteiger partial charge in [0.2, 0.25) is 5.89 Å². The summed E-state index contributed by atoms with van der Waals surface area (Å²) in [6.45, 7) is 3.04. The molecule has 1 heterocycles. The van der Waals surface area contributed by atoms with Crippen LogP contribution < -0.4 is 5.32 Å². The first-order valence-corrected chi connectivity index (χ1v) is 5.02. The maximum absolute atomic E-state index is 5.50.